The summed E-state index contributed by atoms with van der Waals surface area (Å²) in [6.07, 6.45) is -8.54. The maximum Gasteiger partial charge on any atom is 0.459 e. The molecule has 1 aromatic rings. The molecule has 0 saturated carbocycles. The van der Waals surface area contributed by atoms with E-state index in [9.17, 15) is 40.3 Å². The van der Waals surface area contributed by atoms with Gasteiger partial charge in [0, 0.05) is 24.1 Å². The minimum atomic E-state index is -6.41. The standard InChI is InChI=1S/C15H15F7O3S/c1-25-12(24)4-2-3-9-5-6-11(26-9)10(23)7-8-13(16,17)14(18,19)15(20,21)22/h5-6H,2-4,7-8H2,1H3. The monoisotopic (exact) mass is 408 g/mol. The molecular weight excluding hydrogens is 393 g/mol. The lowest BCUT2D eigenvalue weighted by molar-refractivity contribution is -0.355. The van der Waals surface area contributed by atoms with E-state index >= 15 is 0 Å². The van der Waals surface area contributed by atoms with Crippen LogP contribution in [-0.4, -0.2) is 36.9 Å². The smallest absolute Gasteiger partial charge is 0.459 e. The van der Waals surface area contributed by atoms with Gasteiger partial charge in [-0.15, -0.1) is 11.3 Å². The predicted molar refractivity (Wildman–Crippen MR) is 78.8 cm³/mol. The molecule has 0 spiro atoms. The average molecular weight is 408 g/mol. The number of hydrogen-bond donors (Lipinski definition) is 0. The molecule has 26 heavy (non-hydrogen) atoms. The lowest BCUT2D eigenvalue weighted by atomic mass is 10.0. The SMILES string of the molecule is COC(=O)CCCc1ccc(C(=O)CCC(F)(F)C(F)(F)C(F)(F)F)s1. The molecule has 0 N–H and O–H groups in total. The Hall–Kier alpha value is -1.65. The minimum absolute atomic E-state index is 0.0239. The topological polar surface area (TPSA) is 43.4 Å². The molecule has 0 aliphatic carbocycles. The summed E-state index contributed by atoms with van der Waals surface area (Å²) in [6.45, 7) is 0. The van der Waals surface area contributed by atoms with Gasteiger partial charge in [-0.05, 0) is 25.0 Å². The number of carbonyl (C=O) groups excluding carboxylic acids is 2. The third kappa shape index (κ3) is 5.42. The van der Waals surface area contributed by atoms with Crippen LogP contribution in [0.4, 0.5) is 30.7 Å². The molecule has 1 heterocycles. The van der Waals surface area contributed by atoms with Gasteiger partial charge in [-0.2, -0.15) is 30.7 Å². The van der Waals surface area contributed by atoms with Crippen molar-refractivity contribution in [2.45, 2.75) is 50.1 Å². The number of methoxy groups -OCH3 is 1. The second kappa shape index (κ2) is 8.36. The third-order valence-corrected chi connectivity index (χ3v) is 4.64. The Morgan fingerprint density at radius 3 is 2.19 bits per heavy atom. The van der Waals surface area contributed by atoms with E-state index in [-0.39, 0.29) is 11.3 Å². The van der Waals surface area contributed by atoms with Crippen LogP contribution in [0, 0.1) is 0 Å². The number of ketones is 1. The van der Waals surface area contributed by atoms with E-state index in [0.717, 1.165) is 11.3 Å². The van der Waals surface area contributed by atoms with Crippen molar-refractivity contribution in [3.8, 4) is 0 Å². The number of hydrogen-bond acceptors (Lipinski definition) is 4. The van der Waals surface area contributed by atoms with E-state index in [1.54, 1.807) is 0 Å². The van der Waals surface area contributed by atoms with Crippen LogP contribution in [0.25, 0.3) is 0 Å². The zero-order chi connectivity index (χ0) is 20.2. The van der Waals surface area contributed by atoms with E-state index in [0.29, 0.717) is 17.7 Å². The lowest BCUT2D eigenvalue weighted by Gasteiger charge is -2.27. The molecule has 148 valence electrons. The van der Waals surface area contributed by atoms with Crippen LogP contribution in [0.1, 0.15) is 40.2 Å². The zero-order valence-electron chi connectivity index (χ0n) is 13.5. The Morgan fingerprint density at radius 1 is 1.04 bits per heavy atom. The first-order valence-corrected chi connectivity index (χ1v) is 8.14. The van der Waals surface area contributed by atoms with Gasteiger partial charge in [0.05, 0.1) is 12.0 Å². The van der Waals surface area contributed by atoms with Gasteiger partial charge in [-0.3, -0.25) is 9.59 Å². The van der Waals surface area contributed by atoms with E-state index in [1.165, 1.54) is 19.2 Å². The minimum Gasteiger partial charge on any atom is -0.469 e. The molecule has 0 bridgehead atoms. The highest BCUT2D eigenvalue weighted by atomic mass is 32.1. The molecule has 1 aromatic heterocycles. The fraction of sp³-hybridized carbons (Fsp3) is 0.600. The van der Waals surface area contributed by atoms with Gasteiger partial charge in [0.15, 0.2) is 5.78 Å². The Bertz CT molecular complexity index is 637. The molecule has 11 heteroatoms. The summed E-state index contributed by atoms with van der Waals surface area (Å²) in [7, 11) is 1.22. The number of ether oxygens (including phenoxy) is 1. The first-order valence-electron chi connectivity index (χ1n) is 7.33. The molecule has 0 radical (unpaired) electrons. The van der Waals surface area contributed by atoms with E-state index < -0.39 is 42.6 Å². The fourth-order valence-corrected chi connectivity index (χ4v) is 2.95. The first kappa shape index (κ1) is 22.4. The number of esters is 1. The number of rotatable bonds is 9. The molecule has 0 saturated heterocycles. The highest BCUT2D eigenvalue weighted by Gasteiger charge is 2.72. The third-order valence-electron chi connectivity index (χ3n) is 3.45. The normalized spacial score (nSPS) is 12.9. The van der Waals surface area contributed by atoms with Crippen molar-refractivity contribution in [2.24, 2.45) is 0 Å². The summed E-state index contributed by atoms with van der Waals surface area (Å²) in [5.41, 5.74) is 0. The second-order valence-electron chi connectivity index (χ2n) is 5.40. The maximum absolute atomic E-state index is 13.2. The summed E-state index contributed by atoms with van der Waals surface area (Å²) in [5.74, 6) is -13.0. The lowest BCUT2D eigenvalue weighted by Crippen LogP contribution is -2.52. The van der Waals surface area contributed by atoms with Gasteiger partial charge in [0.2, 0.25) is 0 Å². The summed E-state index contributed by atoms with van der Waals surface area (Å²) >= 11 is 0.908. The molecule has 0 amide bonds. The molecule has 3 nitrogen and oxygen atoms in total. The molecule has 0 aromatic carbocycles. The van der Waals surface area contributed by atoms with E-state index in [2.05, 4.69) is 4.74 Å². The van der Waals surface area contributed by atoms with Gasteiger partial charge >= 0.3 is 24.0 Å². The highest BCUT2D eigenvalue weighted by Crippen LogP contribution is 2.48. The van der Waals surface area contributed by atoms with Crippen molar-refractivity contribution in [1.82, 2.24) is 0 Å². The van der Waals surface area contributed by atoms with Crippen molar-refractivity contribution < 1.29 is 45.1 Å². The van der Waals surface area contributed by atoms with Crippen LogP contribution in [0.2, 0.25) is 0 Å². The molecule has 1 rings (SSSR count). The average Bonchev–Trinajstić information content (AvgIpc) is 3.00. The Kier molecular flexibility index (Phi) is 7.20. The Morgan fingerprint density at radius 2 is 1.65 bits per heavy atom. The molecule has 0 aliphatic rings. The largest absolute Gasteiger partial charge is 0.469 e. The van der Waals surface area contributed by atoms with Gasteiger partial charge in [-0.25, -0.2) is 0 Å². The van der Waals surface area contributed by atoms with Crippen molar-refractivity contribution in [1.29, 1.82) is 0 Å². The summed E-state index contributed by atoms with van der Waals surface area (Å²) in [5, 5.41) is 0. The molecule has 0 atom stereocenters. The molecule has 0 aliphatic heterocycles. The molecule has 0 unspecified atom stereocenters. The van der Waals surface area contributed by atoms with Gasteiger partial charge in [-0.1, -0.05) is 0 Å². The van der Waals surface area contributed by atoms with Crippen LogP contribution in [0.3, 0.4) is 0 Å². The van der Waals surface area contributed by atoms with Crippen molar-refractivity contribution in [3.63, 3.8) is 0 Å². The van der Waals surface area contributed by atoms with Gasteiger partial charge < -0.3 is 4.74 Å². The maximum atomic E-state index is 13.2. The highest BCUT2D eigenvalue weighted by molar-refractivity contribution is 7.14. The summed E-state index contributed by atoms with van der Waals surface area (Å²) in [6, 6.07) is 2.78. The Balaban J connectivity index is 2.62. The number of aryl methyl sites for hydroxylation is 1. The van der Waals surface area contributed by atoms with Crippen LogP contribution in [0.15, 0.2) is 12.1 Å². The summed E-state index contributed by atoms with van der Waals surface area (Å²) < 4.78 is 92.5. The number of halogens is 7. The molecular formula is C15H15F7O3S. The fourth-order valence-electron chi connectivity index (χ4n) is 1.93. The number of alkyl halides is 7. The predicted octanol–water partition coefficient (Wildman–Crippen LogP) is 5.04. The number of Topliss-reactive ketones (excluding diaryl/α,β-unsaturated/α-hetero) is 1. The van der Waals surface area contributed by atoms with Crippen LogP contribution >= 0.6 is 11.3 Å². The van der Waals surface area contributed by atoms with Crippen molar-refractivity contribution in [3.05, 3.63) is 21.9 Å². The Labute approximate surface area is 148 Å². The van der Waals surface area contributed by atoms with Gasteiger partial charge in [0.1, 0.15) is 0 Å². The molecule has 0 fully saturated rings. The quantitative estimate of drug-likeness (QED) is 0.327. The number of thiophene rings is 1. The van der Waals surface area contributed by atoms with Crippen molar-refractivity contribution in [2.75, 3.05) is 7.11 Å². The van der Waals surface area contributed by atoms with Crippen LogP contribution < -0.4 is 0 Å². The van der Waals surface area contributed by atoms with Gasteiger partial charge in [0.25, 0.3) is 0 Å². The second-order valence-corrected chi connectivity index (χ2v) is 6.56. The number of carbonyl (C=O) groups is 2. The van der Waals surface area contributed by atoms with Crippen LogP contribution in [-0.2, 0) is 16.0 Å². The summed E-state index contributed by atoms with van der Waals surface area (Å²) in [4.78, 5) is 23.4. The van der Waals surface area contributed by atoms with E-state index in [4.69, 9.17) is 0 Å². The van der Waals surface area contributed by atoms with Crippen molar-refractivity contribution >= 4 is 23.1 Å². The first-order chi connectivity index (χ1) is 11.8. The van der Waals surface area contributed by atoms with Crippen LogP contribution in [0.5, 0.6) is 0 Å². The zero-order valence-corrected chi connectivity index (χ0v) is 14.3. The van der Waals surface area contributed by atoms with E-state index in [1.807, 2.05) is 0 Å².